The molecule has 1 unspecified atom stereocenters. The molecule has 2 heteroatoms. The Morgan fingerprint density at radius 1 is 1.42 bits per heavy atom. The molecular formula is C10H20O2. The lowest BCUT2D eigenvalue weighted by Gasteiger charge is -2.17. The molecule has 0 aliphatic heterocycles. The van der Waals surface area contributed by atoms with E-state index in [1.165, 1.54) is 0 Å². The van der Waals surface area contributed by atoms with Gasteiger partial charge in [0.15, 0.2) is 0 Å². The Labute approximate surface area is 74.9 Å². The molecule has 0 spiro atoms. The summed E-state index contributed by atoms with van der Waals surface area (Å²) in [5.74, 6) is 0.400. The zero-order valence-corrected chi connectivity index (χ0v) is 8.25. The fourth-order valence-electron chi connectivity index (χ4n) is 1.10. The number of rotatable bonds is 5. The fourth-order valence-corrected chi connectivity index (χ4v) is 1.10. The van der Waals surface area contributed by atoms with Gasteiger partial charge in [0.05, 0.1) is 11.9 Å². The molecule has 2 N–H and O–H groups in total. The van der Waals surface area contributed by atoms with E-state index in [0.717, 1.165) is 25.5 Å². The van der Waals surface area contributed by atoms with Gasteiger partial charge in [0, 0.05) is 0 Å². The third kappa shape index (κ3) is 7.61. The Kier molecular flexibility index (Phi) is 4.98. The van der Waals surface area contributed by atoms with E-state index < -0.39 is 5.60 Å². The lowest BCUT2D eigenvalue weighted by Crippen LogP contribution is -2.18. The second kappa shape index (κ2) is 5.20. The molecule has 0 bridgehead atoms. The van der Waals surface area contributed by atoms with Crippen LogP contribution >= 0.6 is 0 Å². The van der Waals surface area contributed by atoms with E-state index in [4.69, 9.17) is 5.11 Å². The minimum absolute atomic E-state index is 0.400. The molecule has 0 aliphatic carbocycles. The second-order valence-electron chi connectivity index (χ2n) is 4.02. The van der Waals surface area contributed by atoms with Crippen LogP contribution in [0.1, 0.15) is 40.0 Å². The van der Waals surface area contributed by atoms with Gasteiger partial charge >= 0.3 is 0 Å². The van der Waals surface area contributed by atoms with Crippen molar-refractivity contribution in [2.45, 2.75) is 45.6 Å². The maximum Gasteiger partial charge on any atom is 0.0754 e. The van der Waals surface area contributed by atoms with Gasteiger partial charge in [0.2, 0.25) is 0 Å². The van der Waals surface area contributed by atoms with Crippen LogP contribution < -0.4 is 0 Å². The first-order valence-corrected chi connectivity index (χ1v) is 4.49. The molecule has 0 amide bonds. The zero-order chi connectivity index (χ0) is 9.61. The normalized spacial score (nSPS) is 15.3. The van der Waals surface area contributed by atoms with Gasteiger partial charge in [-0.15, -0.1) is 0 Å². The van der Waals surface area contributed by atoms with Crippen LogP contribution in [0.5, 0.6) is 0 Å². The van der Waals surface area contributed by atoms with E-state index in [1.54, 1.807) is 6.08 Å². The predicted molar refractivity (Wildman–Crippen MR) is 51.1 cm³/mol. The molecule has 0 aromatic rings. The molecule has 0 radical (unpaired) electrons. The second-order valence-corrected chi connectivity index (χ2v) is 4.02. The van der Waals surface area contributed by atoms with Crippen LogP contribution in [-0.4, -0.2) is 15.8 Å². The monoisotopic (exact) mass is 172 g/mol. The summed E-state index contributed by atoms with van der Waals surface area (Å²) >= 11 is 0. The Hall–Kier alpha value is -0.500. The van der Waals surface area contributed by atoms with Crippen molar-refractivity contribution in [3.05, 3.63) is 12.3 Å². The van der Waals surface area contributed by atoms with E-state index in [1.807, 2.05) is 13.8 Å². The molecule has 0 saturated heterocycles. The Morgan fingerprint density at radius 2 is 2.00 bits per heavy atom. The maximum atomic E-state index is 9.39. The maximum absolute atomic E-state index is 9.39. The van der Waals surface area contributed by atoms with Crippen LogP contribution in [-0.2, 0) is 0 Å². The van der Waals surface area contributed by atoms with Crippen molar-refractivity contribution in [2.24, 2.45) is 5.92 Å². The molecular weight excluding hydrogens is 152 g/mol. The van der Waals surface area contributed by atoms with Crippen LogP contribution in [0.4, 0.5) is 0 Å². The van der Waals surface area contributed by atoms with Gasteiger partial charge in [-0.25, -0.2) is 0 Å². The van der Waals surface area contributed by atoms with Gasteiger partial charge in [-0.1, -0.05) is 13.3 Å². The van der Waals surface area contributed by atoms with Crippen molar-refractivity contribution in [3.63, 3.8) is 0 Å². The van der Waals surface area contributed by atoms with Gasteiger partial charge in [-0.3, -0.25) is 0 Å². The number of aliphatic hydroxyl groups excluding tert-OH is 1. The summed E-state index contributed by atoms with van der Waals surface area (Å²) < 4.78 is 0. The minimum atomic E-state index is -0.553. The molecule has 2 nitrogen and oxygen atoms in total. The van der Waals surface area contributed by atoms with Crippen LogP contribution in [0.15, 0.2) is 12.3 Å². The molecule has 0 aromatic heterocycles. The van der Waals surface area contributed by atoms with Gasteiger partial charge in [-0.2, -0.15) is 0 Å². The summed E-state index contributed by atoms with van der Waals surface area (Å²) in [6.07, 6.45) is 5.69. The van der Waals surface area contributed by atoms with Gasteiger partial charge in [0.25, 0.3) is 0 Å². The standard InChI is InChI=1S/C10H20O2/c1-9(6-8-11)5-4-7-10(2,3)12/h6,8-9,11-12H,4-5,7H2,1-3H3/b8-6+. The average Bonchev–Trinajstić information content (AvgIpc) is 1.84. The zero-order valence-electron chi connectivity index (χ0n) is 8.25. The van der Waals surface area contributed by atoms with Crippen molar-refractivity contribution >= 4 is 0 Å². The fraction of sp³-hybridized carbons (Fsp3) is 0.800. The topological polar surface area (TPSA) is 40.5 Å². The highest BCUT2D eigenvalue weighted by molar-refractivity contribution is 4.79. The number of hydrogen-bond acceptors (Lipinski definition) is 2. The summed E-state index contributed by atoms with van der Waals surface area (Å²) in [5, 5.41) is 17.9. The SMILES string of the molecule is CC(/C=C/O)CCCC(C)(C)O. The highest BCUT2D eigenvalue weighted by Gasteiger charge is 2.11. The van der Waals surface area contributed by atoms with Crippen LogP contribution in [0.3, 0.4) is 0 Å². The van der Waals surface area contributed by atoms with Crippen LogP contribution in [0.2, 0.25) is 0 Å². The molecule has 0 rings (SSSR count). The van der Waals surface area contributed by atoms with Crippen molar-refractivity contribution in [1.82, 2.24) is 0 Å². The molecule has 0 aliphatic rings. The minimum Gasteiger partial charge on any atom is -0.516 e. The molecule has 0 saturated carbocycles. The summed E-state index contributed by atoms with van der Waals surface area (Å²) in [6.45, 7) is 5.69. The first-order chi connectivity index (χ1) is 5.45. The first-order valence-electron chi connectivity index (χ1n) is 4.49. The van der Waals surface area contributed by atoms with E-state index >= 15 is 0 Å². The smallest absolute Gasteiger partial charge is 0.0754 e. The number of hydrogen-bond donors (Lipinski definition) is 2. The lowest BCUT2D eigenvalue weighted by atomic mass is 9.97. The Bertz CT molecular complexity index is 133. The van der Waals surface area contributed by atoms with E-state index in [0.29, 0.717) is 5.92 Å². The largest absolute Gasteiger partial charge is 0.516 e. The first kappa shape index (κ1) is 11.5. The summed E-state index contributed by atoms with van der Waals surface area (Å²) in [5.41, 5.74) is -0.553. The summed E-state index contributed by atoms with van der Waals surface area (Å²) in [6, 6.07) is 0. The van der Waals surface area contributed by atoms with Crippen LogP contribution in [0.25, 0.3) is 0 Å². The third-order valence-electron chi connectivity index (χ3n) is 1.86. The van der Waals surface area contributed by atoms with Crippen LogP contribution in [0, 0.1) is 5.92 Å². The van der Waals surface area contributed by atoms with Crippen molar-refractivity contribution in [2.75, 3.05) is 0 Å². The summed E-state index contributed by atoms with van der Waals surface area (Å²) in [4.78, 5) is 0. The summed E-state index contributed by atoms with van der Waals surface area (Å²) in [7, 11) is 0. The molecule has 12 heavy (non-hydrogen) atoms. The molecule has 1 atom stereocenters. The molecule has 0 heterocycles. The Morgan fingerprint density at radius 3 is 2.42 bits per heavy atom. The molecule has 0 aromatic carbocycles. The average molecular weight is 172 g/mol. The van der Waals surface area contributed by atoms with E-state index in [-0.39, 0.29) is 0 Å². The van der Waals surface area contributed by atoms with Crippen molar-refractivity contribution in [1.29, 1.82) is 0 Å². The van der Waals surface area contributed by atoms with Gasteiger partial charge < -0.3 is 10.2 Å². The van der Waals surface area contributed by atoms with Gasteiger partial charge in [0.1, 0.15) is 0 Å². The van der Waals surface area contributed by atoms with Gasteiger partial charge in [-0.05, 0) is 38.7 Å². The number of allylic oxidation sites excluding steroid dienone is 1. The van der Waals surface area contributed by atoms with Crippen molar-refractivity contribution < 1.29 is 10.2 Å². The quantitative estimate of drug-likeness (QED) is 0.626. The van der Waals surface area contributed by atoms with Crippen molar-refractivity contribution in [3.8, 4) is 0 Å². The van der Waals surface area contributed by atoms with E-state index in [2.05, 4.69) is 6.92 Å². The third-order valence-corrected chi connectivity index (χ3v) is 1.86. The number of aliphatic hydroxyl groups is 2. The Balaban J connectivity index is 3.43. The van der Waals surface area contributed by atoms with E-state index in [9.17, 15) is 5.11 Å². The predicted octanol–water partition coefficient (Wildman–Crippen LogP) is 2.64. The highest BCUT2D eigenvalue weighted by Crippen LogP contribution is 2.16. The lowest BCUT2D eigenvalue weighted by molar-refractivity contribution is 0.0675. The highest BCUT2D eigenvalue weighted by atomic mass is 16.3. The molecule has 72 valence electrons. The molecule has 0 fully saturated rings.